The molecular formula is C77H158N2O6P+. The SMILES string of the molecule is CCCCCCCCCCCCCCCCCCCCCCCCCCCCCCCCCCCCCCCC(=O)NC(COP(=O)(O)OCC[N+](C)(C)C)C(O)CCCCCCCCCCCCCCCCCCCCCCCCCCCCC. The molecule has 1 amide bonds. The Morgan fingerprint density at radius 2 is 0.558 bits per heavy atom. The van der Waals surface area contributed by atoms with Crippen molar-refractivity contribution in [2.24, 2.45) is 0 Å². The van der Waals surface area contributed by atoms with E-state index < -0.39 is 20.0 Å². The number of carbonyl (C=O) groups is 1. The Balaban J connectivity index is 3.88. The third kappa shape index (κ3) is 70.9. The summed E-state index contributed by atoms with van der Waals surface area (Å²) in [5, 5.41) is 14.2. The zero-order valence-electron chi connectivity index (χ0n) is 59.4. The average Bonchev–Trinajstić information content (AvgIpc) is 3.70. The minimum absolute atomic E-state index is 0.0796. The number of aliphatic hydroxyl groups excluding tert-OH is 1. The summed E-state index contributed by atoms with van der Waals surface area (Å²) in [4.78, 5) is 23.5. The highest BCUT2D eigenvalue weighted by atomic mass is 31.2. The predicted octanol–water partition coefficient (Wildman–Crippen LogP) is 25.5. The molecule has 0 aromatic heterocycles. The molecule has 0 aliphatic rings. The van der Waals surface area contributed by atoms with E-state index in [1.807, 2.05) is 21.1 Å². The summed E-state index contributed by atoms with van der Waals surface area (Å²) in [5.74, 6) is -0.132. The van der Waals surface area contributed by atoms with E-state index in [1.165, 1.54) is 372 Å². The standard InChI is InChI=1S/C77H157N2O6P/c1-6-8-10-12-14-16-18-20-22-24-26-28-30-32-34-35-36-37-38-39-40-41-42-43-45-47-49-51-53-55-57-59-61-63-65-67-69-71-77(81)78-75(74-85-86(82,83)84-73-72-79(3,4)5)76(80)70-68-66-64-62-60-58-56-54-52-50-48-46-44-33-31-29-27-25-23-21-19-17-15-13-11-9-7-2/h75-76,80H,6-74H2,1-5H3,(H-,78,81,82,83)/p+1. The van der Waals surface area contributed by atoms with Crippen LogP contribution in [-0.2, 0) is 18.4 Å². The van der Waals surface area contributed by atoms with Crippen molar-refractivity contribution >= 4 is 13.7 Å². The highest BCUT2D eigenvalue weighted by Gasteiger charge is 2.28. The second-order valence-electron chi connectivity index (χ2n) is 28.8. The van der Waals surface area contributed by atoms with Crippen LogP contribution >= 0.6 is 7.82 Å². The largest absolute Gasteiger partial charge is 0.472 e. The Labute approximate surface area is 540 Å². The molecule has 0 spiro atoms. The van der Waals surface area contributed by atoms with E-state index in [4.69, 9.17) is 9.05 Å². The number of hydrogen-bond donors (Lipinski definition) is 3. The van der Waals surface area contributed by atoms with E-state index in [2.05, 4.69) is 19.2 Å². The van der Waals surface area contributed by atoms with Gasteiger partial charge in [0.05, 0.1) is 39.9 Å². The molecule has 0 fully saturated rings. The molecule has 3 atom stereocenters. The van der Waals surface area contributed by atoms with Crippen LogP contribution in [0.15, 0.2) is 0 Å². The van der Waals surface area contributed by atoms with Gasteiger partial charge in [0.1, 0.15) is 13.2 Å². The van der Waals surface area contributed by atoms with Crippen LogP contribution in [0.25, 0.3) is 0 Å². The summed E-state index contributed by atoms with van der Waals surface area (Å²) in [6, 6.07) is -0.758. The summed E-state index contributed by atoms with van der Waals surface area (Å²) in [5.41, 5.74) is 0. The average molecular weight is 1240 g/mol. The molecule has 0 aliphatic heterocycles. The van der Waals surface area contributed by atoms with Crippen LogP contribution in [0, 0.1) is 0 Å². The number of aliphatic hydroxyl groups is 1. The Kier molecular flexibility index (Phi) is 68.5. The minimum atomic E-state index is -4.33. The highest BCUT2D eigenvalue weighted by molar-refractivity contribution is 7.47. The Morgan fingerprint density at radius 3 is 0.779 bits per heavy atom. The number of phosphoric ester groups is 1. The molecule has 0 saturated heterocycles. The summed E-state index contributed by atoms with van der Waals surface area (Å²) in [6.45, 7) is 4.98. The second kappa shape index (κ2) is 68.9. The molecule has 8 nitrogen and oxygen atoms in total. The van der Waals surface area contributed by atoms with Crippen molar-refractivity contribution in [3.63, 3.8) is 0 Å². The van der Waals surface area contributed by atoms with Gasteiger partial charge in [0.2, 0.25) is 5.91 Å². The van der Waals surface area contributed by atoms with Crippen molar-refractivity contribution in [1.29, 1.82) is 0 Å². The van der Waals surface area contributed by atoms with Gasteiger partial charge < -0.3 is 19.8 Å². The van der Waals surface area contributed by atoms with Gasteiger partial charge >= 0.3 is 7.82 Å². The fourth-order valence-electron chi connectivity index (χ4n) is 12.8. The van der Waals surface area contributed by atoms with Gasteiger partial charge in [-0.1, -0.05) is 418 Å². The number of nitrogens with zero attached hydrogens (tertiary/aromatic N) is 1. The van der Waals surface area contributed by atoms with E-state index in [0.29, 0.717) is 23.9 Å². The normalized spacial score (nSPS) is 13.4. The minimum Gasteiger partial charge on any atom is -0.391 e. The number of nitrogens with one attached hydrogen (secondary N) is 1. The third-order valence-electron chi connectivity index (χ3n) is 18.9. The maximum Gasteiger partial charge on any atom is 0.472 e. The fraction of sp³-hybridized carbons (Fsp3) is 0.987. The number of phosphoric acid groups is 1. The first kappa shape index (κ1) is 85.5. The zero-order valence-corrected chi connectivity index (χ0v) is 60.3. The van der Waals surface area contributed by atoms with Gasteiger partial charge in [-0.2, -0.15) is 0 Å². The molecular weight excluding hydrogens is 1080 g/mol. The number of rotatable bonds is 75. The molecule has 3 N–H and O–H groups in total. The maximum absolute atomic E-state index is 13.1. The summed E-state index contributed by atoms with van der Waals surface area (Å²) in [7, 11) is 1.65. The number of unbranched alkanes of at least 4 members (excludes halogenated alkanes) is 62. The van der Waals surface area contributed by atoms with E-state index in [9.17, 15) is 19.4 Å². The molecule has 0 saturated carbocycles. The highest BCUT2D eigenvalue weighted by Crippen LogP contribution is 2.43. The van der Waals surface area contributed by atoms with Gasteiger partial charge in [-0.25, -0.2) is 4.57 Å². The lowest BCUT2D eigenvalue weighted by molar-refractivity contribution is -0.870. The van der Waals surface area contributed by atoms with Gasteiger partial charge in [-0.3, -0.25) is 13.8 Å². The molecule has 0 radical (unpaired) electrons. The first-order chi connectivity index (χ1) is 42.0. The Morgan fingerprint density at radius 1 is 0.349 bits per heavy atom. The van der Waals surface area contributed by atoms with Gasteiger partial charge in [0.25, 0.3) is 0 Å². The lowest BCUT2D eigenvalue weighted by Crippen LogP contribution is -2.46. The van der Waals surface area contributed by atoms with Crippen LogP contribution in [0.3, 0.4) is 0 Å². The number of amides is 1. The van der Waals surface area contributed by atoms with Crippen LogP contribution in [-0.4, -0.2) is 73.4 Å². The molecule has 0 aromatic carbocycles. The first-order valence-electron chi connectivity index (χ1n) is 39.4. The van der Waals surface area contributed by atoms with Crippen LogP contribution < -0.4 is 5.32 Å². The van der Waals surface area contributed by atoms with Crippen molar-refractivity contribution in [1.82, 2.24) is 5.32 Å². The van der Waals surface area contributed by atoms with Gasteiger partial charge in [-0.15, -0.1) is 0 Å². The lowest BCUT2D eigenvalue weighted by Gasteiger charge is -2.26. The molecule has 3 unspecified atom stereocenters. The summed E-state index contributed by atoms with van der Waals surface area (Å²) in [6.07, 6.45) is 88.3. The predicted molar refractivity (Wildman–Crippen MR) is 379 cm³/mol. The van der Waals surface area contributed by atoms with Gasteiger partial charge in [0, 0.05) is 6.42 Å². The zero-order chi connectivity index (χ0) is 62.6. The molecule has 0 aliphatic carbocycles. The number of quaternary nitrogens is 1. The molecule has 0 rings (SSSR count). The van der Waals surface area contributed by atoms with Crippen LogP contribution in [0.5, 0.6) is 0 Å². The van der Waals surface area contributed by atoms with Gasteiger partial charge in [0.15, 0.2) is 0 Å². The van der Waals surface area contributed by atoms with Crippen LogP contribution in [0.2, 0.25) is 0 Å². The quantitative estimate of drug-likeness (QED) is 0.0318. The van der Waals surface area contributed by atoms with Crippen molar-refractivity contribution in [2.75, 3.05) is 40.9 Å². The lowest BCUT2D eigenvalue weighted by atomic mass is 10.0. The number of likely N-dealkylation sites (N-methyl/N-ethyl adjacent to an activating group) is 1. The maximum atomic E-state index is 13.1. The number of hydrogen-bond acceptors (Lipinski definition) is 5. The van der Waals surface area contributed by atoms with Crippen LogP contribution in [0.1, 0.15) is 438 Å². The van der Waals surface area contributed by atoms with Crippen molar-refractivity contribution < 1.29 is 32.9 Å². The molecule has 0 bridgehead atoms. The molecule has 86 heavy (non-hydrogen) atoms. The Hall–Kier alpha value is -0.500. The van der Waals surface area contributed by atoms with Gasteiger partial charge in [-0.05, 0) is 12.8 Å². The fourth-order valence-corrected chi connectivity index (χ4v) is 13.5. The summed E-state index contributed by atoms with van der Waals surface area (Å²) >= 11 is 0. The van der Waals surface area contributed by atoms with E-state index in [1.54, 1.807) is 0 Å². The molecule has 516 valence electrons. The third-order valence-corrected chi connectivity index (χ3v) is 19.8. The first-order valence-corrected chi connectivity index (χ1v) is 40.9. The van der Waals surface area contributed by atoms with E-state index >= 15 is 0 Å². The Bertz CT molecular complexity index is 1360. The number of carbonyl (C=O) groups excluding carboxylic acids is 1. The summed E-state index contributed by atoms with van der Waals surface area (Å²) < 4.78 is 24.0. The second-order valence-corrected chi connectivity index (χ2v) is 30.3. The molecule has 0 aromatic rings. The van der Waals surface area contributed by atoms with Crippen molar-refractivity contribution in [3.8, 4) is 0 Å². The van der Waals surface area contributed by atoms with E-state index in [0.717, 1.165) is 38.5 Å². The topological polar surface area (TPSA) is 105 Å². The van der Waals surface area contributed by atoms with Crippen LogP contribution in [0.4, 0.5) is 0 Å². The smallest absolute Gasteiger partial charge is 0.391 e. The van der Waals surface area contributed by atoms with Crippen molar-refractivity contribution in [3.05, 3.63) is 0 Å². The molecule has 0 heterocycles. The van der Waals surface area contributed by atoms with Crippen molar-refractivity contribution in [2.45, 2.75) is 450 Å². The molecule has 9 heteroatoms. The monoisotopic (exact) mass is 1240 g/mol. The van der Waals surface area contributed by atoms with E-state index in [-0.39, 0.29) is 19.1 Å².